The highest BCUT2D eigenvalue weighted by Crippen LogP contribution is 2.17. The molecule has 2 fully saturated rings. The van der Waals surface area contributed by atoms with Crippen LogP contribution in [0.2, 0.25) is 0 Å². The van der Waals surface area contributed by atoms with Crippen LogP contribution in [0.1, 0.15) is 70.4 Å². The summed E-state index contributed by atoms with van der Waals surface area (Å²) in [6.45, 7) is 2.63. The molecule has 4 amide bonds. The van der Waals surface area contributed by atoms with E-state index in [0.29, 0.717) is 37.3 Å². The van der Waals surface area contributed by atoms with Crippen LogP contribution in [0.5, 0.6) is 0 Å². The average Bonchev–Trinajstić information content (AvgIpc) is 3.08. The smallest absolute Gasteiger partial charge is 0.270 e. The van der Waals surface area contributed by atoms with Gasteiger partial charge in [-0.1, -0.05) is 60.7 Å². The van der Waals surface area contributed by atoms with Gasteiger partial charge in [-0.3, -0.25) is 19.2 Å². The molecule has 2 N–H and O–H groups in total. The lowest BCUT2D eigenvalue weighted by atomic mass is 10.1. The lowest BCUT2D eigenvalue weighted by Crippen LogP contribution is -2.41. The molecule has 44 heavy (non-hydrogen) atoms. The van der Waals surface area contributed by atoms with Crippen molar-refractivity contribution in [2.45, 2.75) is 38.5 Å². The minimum atomic E-state index is -0.450. The molecule has 2 heterocycles. The predicted octanol–water partition coefficient (Wildman–Crippen LogP) is 5.25. The summed E-state index contributed by atoms with van der Waals surface area (Å²) in [5.41, 5.74) is 2.62. The lowest BCUT2D eigenvalue weighted by Gasteiger charge is -2.28. The van der Waals surface area contributed by atoms with Crippen molar-refractivity contribution in [3.8, 4) is 0 Å². The molecule has 0 bridgehead atoms. The number of piperidine rings is 2. The topological polar surface area (TPSA) is 98.8 Å². The molecule has 0 aromatic heterocycles. The van der Waals surface area contributed by atoms with E-state index in [9.17, 15) is 19.2 Å². The third-order valence-electron chi connectivity index (χ3n) is 7.87. The first kappa shape index (κ1) is 30.5. The number of hydrogen-bond acceptors (Lipinski definition) is 4. The molecule has 2 aliphatic heterocycles. The summed E-state index contributed by atoms with van der Waals surface area (Å²) in [5, 5.41) is 5.62. The van der Waals surface area contributed by atoms with Crippen molar-refractivity contribution in [3.05, 3.63) is 119 Å². The van der Waals surface area contributed by atoms with Crippen LogP contribution >= 0.6 is 0 Å². The third-order valence-corrected chi connectivity index (χ3v) is 7.87. The van der Waals surface area contributed by atoms with E-state index in [1.54, 1.807) is 46.2 Å². The number of carbonyl (C=O) groups excluding carboxylic acids is 4. The Morgan fingerprint density at radius 2 is 0.818 bits per heavy atom. The average molecular weight is 591 g/mol. The first-order valence-electron chi connectivity index (χ1n) is 15.3. The molecule has 2 aliphatic rings. The SMILES string of the molecule is O=C(N/C(=C/c1ccccc1)C(=O)N1CCCCC1)c1ccc(C(=O)N/C(=C/c2ccccc2)C(=O)N2CCCCC2)cc1. The number of nitrogens with one attached hydrogen (secondary N) is 2. The Labute approximate surface area is 258 Å². The number of likely N-dealkylation sites (tertiary alicyclic amines) is 2. The molecule has 226 valence electrons. The Morgan fingerprint density at radius 1 is 0.477 bits per heavy atom. The zero-order valence-corrected chi connectivity index (χ0v) is 24.8. The maximum Gasteiger partial charge on any atom is 0.270 e. The van der Waals surface area contributed by atoms with Crippen molar-refractivity contribution < 1.29 is 19.2 Å². The van der Waals surface area contributed by atoms with Gasteiger partial charge in [-0.2, -0.15) is 0 Å². The van der Waals surface area contributed by atoms with E-state index in [4.69, 9.17) is 0 Å². The molecule has 0 radical (unpaired) electrons. The van der Waals surface area contributed by atoms with Gasteiger partial charge in [0, 0.05) is 37.3 Å². The van der Waals surface area contributed by atoms with Crippen LogP contribution in [-0.2, 0) is 9.59 Å². The highest BCUT2D eigenvalue weighted by molar-refractivity contribution is 6.07. The molecule has 0 unspecified atom stereocenters. The molecule has 5 rings (SSSR count). The maximum absolute atomic E-state index is 13.4. The van der Waals surface area contributed by atoms with Crippen LogP contribution in [0.15, 0.2) is 96.3 Å². The Bertz CT molecular complexity index is 1400. The van der Waals surface area contributed by atoms with Gasteiger partial charge in [-0.05, 0) is 86.1 Å². The molecule has 3 aromatic carbocycles. The van der Waals surface area contributed by atoms with Crippen molar-refractivity contribution in [3.63, 3.8) is 0 Å². The molecule has 2 saturated heterocycles. The van der Waals surface area contributed by atoms with E-state index >= 15 is 0 Å². The van der Waals surface area contributed by atoms with E-state index < -0.39 is 11.8 Å². The summed E-state index contributed by atoms with van der Waals surface area (Å²) in [5.74, 6) is -1.33. The normalized spacial score (nSPS) is 15.8. The van der Waals surface area contributed by atoms with Crippen molar-refractivity contribution >= 4 is 35.8 Å². The van der Waals surface area contributed by atoms with E-state index in [2.05, 4.69) is 10.6 Å². The Morgan fingerprint density at radius 3 is 1.16 bits per heavy atom. The minimum Gasteiger partial charge on any atom is -0.337 e. The second-order valence-corrected chi connectivity index (χ2v) is 11.1. The van der Waals surface area contributed by atoms with Gasteiger partial charge in [0.2, 0.25) is 0 Å². The summed E-state index contributed by atoms with van der Waals surface area (Å²) < 4.78 is 0. The standard InChI is InChI=1S/C36H38N4O4/c41-33(37-31(25-27-13-5-1-6-14-27)35(43)39-21-9-3-10-22-39)29-17-19-30(20-18-29)34(42)38-32(26-28-15-7-2-8-16-28)36(44)40-23-11-4-12-24-40/h1-2,5-8,13-20,25-26H,3-4,9-12,21-24H2,(H,37,41)(H,38,42)/b31-25+,32-26+. The largest absolute Gasteiger partial charge is 0.337 e. The maximum atomic E-state index is 13.4. The zero-order valence-electron chi connectivity index (χ0n) is 24.8. The van der Waals surface area contributed by atoms with Crippen LogP contribution in [0, 0.1) is 0 Å². The minimum absolute atomic E-state index is 0.205. The van der Waals surface area contributed by atoms with Gasteiger partial charge in [0.25, 0.3) is 23.6 Å². The molecule has 8 heteroatoms. The second-order valence-electron chi connectivity index (χ2n) is 11.1. The summed E-state index contributed by atoms with van der Waals surface area (Å²) in [6.07, 6.45) is 9.31. The van der Waals surface area contributed by atoms with Crippen LogP contribution in [-0.4, -0.2) is 59.6 Å². The molecule has 0 atom stereocenters. The molecule has 8 nitrogen and oxygen atoms in total. The molecule has 0 aliphatic carbocycles. The van der Waals surface area contributed by atoms with Crippen molar-refractivity contribution in [2.24, 2.45) is 0 Å². The Hall–Kier alpha value is -4.98. The first-order valence-corrected chi connectivity index (χ1v) is 15.3. The monoisotopic (exact) mass is 590 g/mol. The van der Waals surface area contributed by atoms with E-state index in [1.807, 2.05) is 60.7 Å². The molecule has 0 spiro atoms. The Balaban J connectivity index is 1.31. The summed E-state index contributed by atoms with van der Waals surface area (Å²) in [6, 6.07) is 25.0. The fourth-order valence-corrected chi connectivity index (χ4v) is 5.43. The van der Waals surface area contributed by atoms with Gasteiger partial charge in [0.05, 0.1) is 0 Å². The van der Waals surface area contributed by atoms with E-state index in [0.717, 1.165) is 49.7 Å². The summed E-state index contributed by atoms with van der Waals surface area (Å²) >= 11 is 0. The van der Waals surface area contributed by atoms with Gasteiger partial charge < -0.3 is 20.4 Å². The number of carbonyl (C=O) groups is 4. The van der Waals surface area contributed by atoms with Gasteiger partial charge in [0.1, 0.15) is 11.4 Å². The quantitative estimate of drug-likeness (QED) is 0.350. The highest BCUT2D eigenvalue weighted by atomic mass is 16.2. The van der Waals surface area contributed by atoms with Crippen molar-refractivity contribution in [1.82, 2.24) is 20.4 Å². The van der Waals surface area contributed by atoms with E-state index in [-0.39, 0.29) is 23.2 Å². The van der Waals surface area contributed by atoms with Crippen LogP contribution in [0.4, 0.5) is 0 Å². The van der Waals surface area contributed by atoms with Gasteiger partial charge in [-0.15, -0.1) is 0 Å². The Kier molecular flexibility index (Phi) is 10.4. The third kappa shape index (κ3) is 8.10. The number of benzene rings is 3. The number of nitrogens with zero attached hydrogens (tertiary/aromatic N) is 2. The van der Waals surface area contributed by atoms with Gasteiger partial charge in [-0.25, -0.2) is 0 Å². The summed E-state index contributed by atoms with van der Waals surface area (Å²) in [7, 11) is 0. The van der Waals surface area contributed by atoms with Crippen molar-refractivity contribution in [2.75, 3.05) is 26.2 Å². The second kappa shape index (κ2) is 15.0. The highest BCUT2D eigenvalue weighted by Gasteiger charge is 2.24. The lowest BCUT2D eigenvalue weighted by molar-refractivity contribution is -0.129. The molecule has 0 saturated carbocycles. The number of rotatable bonds is 8. The molecular formula is C36H38N4O4. The number of amides is 4. The van der Waals surface area contributed by atoms with Gasteiger partial charge in [0.15, 0.2) is 0 Å². The van der Waals surface area contributed by atoms with E-state index in [1.165, 1.54) is 0 Å². The summed E-state index contributed by atoms with van der Waals surface area (Å²) in [4.78, 5) is 56.8. The van der Waals surface area contributed by atoms with Crippen molar-refractivity contribution in [1.29, 1.82) is 0 Å². The van der Waals surface area contributed by atoms with Crippen LogP contribution < -0.4 is 10.6 Å². The first-order chi connectivity index (χ1) is 21.5. The van der Waals surface area contributed by atoms with Crippen LogP contribution in [0.25, 0.3) is 12.2 Å². The fraction of sp³-hybridized carbons (Fsp3) is 0.278. The van der Waals surface area contributed by atoms with Gasteiger partial charge >= 0.3 is 0 Å². The zero-order chi connectivity index (χ0) is 30.7. The fourth-order valence-electron chi connectivity index (χ4n) is 5.43. The van der Waals surface area contributed by atoms with Crippen LogP contribution in [0.3, 0.4) is 0 Å². The molecule has 3 aromatic rings. The number of hydrogen-bond donors (Lipinski definition) is 2. The molecular weight excluding hydrogens is 552 g/mol. The predicted molar refractivity (Wildman–Crippen MR) is 171 cm³/mol.